The largest absolute Gasteiger partial charge is 0.294 e. The van der Waals surface area contributed by atoms with Crippen molar-refractivity contribution in [2.75, 3.05) is 0 Å². The summed E-state index contributed by atoms with van der Waals surface area (Å²) in [4.78, 5) is 11.4. The monoisotopic (exact) mass is 170 g/mol. The molecule has 13 heavy (non-hydrogen) atoms. The van der Waals surface area contributed by atoms with Crippen LogP contribution in [0.25, 0.3) is 0 Å². The number of carbonyl (C=O) groups excluding carboxylic acids is 1. The highest BCUT2D eigenvalue weighted by molar-refractivity contribution is 6.00. The molecule has 0 radical (unpaired) electrons. The smallest absolute Gasteiger partial charge is 0.166 e. The Morgan fingerprint density at radius 1 is 1.23 bits per heavy atom. The Balaban J connectivity index is 2.55. The number of hydrogen-bond acceptors (Lipinski definition) is 1. The van der Waals surface area contributed by atoms with Crippen molar-refractivity contribution < 1.29 is 4.79 Å². The first kappa shape index (κ1) is 7.99. The van der Waals surface area contributed by atoms with Gasteiger partial charge in [-0.2, -0.15) is 0 Å². The highest BCUT2D eigenvalue weighted by Crippen LogP contribution is 2.28. The number of fused-ring (bicyclic) bond motifs is 1. The van der Waals surface area contributed by atoms with Crippen molar-refractivity contribution in [1.82, 2.24) is 0 Å². The summed E-state index contributed by atoms with van der Waals surface area (Å²) in [6.07, 6.45) is 13.0. The summed E-state index contributed by atoms with van der Waals surface area (Å²) < 4.78 is 0. The van der Waals surface area contributed by atoms with Gasteiger partial charge in [0.1, 0.15) is 0 Å². The van der Waals surface area contributed by atoms with E-state index in [1.54, 1.807) is 12.2 Å². The first-order valence-electron chi connectivity index (χ1n) is 4.26. The summed E-state index contributed by atoms with van der Waals surface area (Å²) in [6.45, 7) is 3.73. The zero-order chi connectivity index (χ0) is 9.26. The molecule has 0 saturated carbocycles. The van der Waals surface area contributed by atoms with Crippen molar-refractivity contribution in [2.24, 2.45) is 5.92 Å². The van der Waals surface area contributed by atoms with Crippen molar-refractivity contribution in [3.8, 4) is 0 Å². The predicted octanol–water partition coefficient (Wildman–Crippen LogP) is 2.35. The van der Waals surface area contributed by atoms with Crippen molar-refractivity contribution in [1.29, 1.82) is 0 Å². The van der Waals surface area contributed by atoms with Gasteiger partial charge >= 0.3 is 0 Å². The fourth-order valence-electron chi connectivity index (χ4n) is 1.62. The fraction of sp³-hybridized carbons (Fsp3) is 0.0833. The van der Waals surface area contributed by atoms with Gasteiger partial charge < -0.3 is 0 Å². The molecule has 2 rings (SSSR count). The minimum absolute atomic E-state index is 0.0806. The van der Waals surface area contributed by atoms with E-state index in [-0.39, 0.29) is 11.7 Å². The molecule has 0 aromatic heterocycles. The molecule has 0 N–H and O–H groups in total. The summed E-state index contributed by atoms with van der Waals surface area (Å²) in [6, 6.07) is 0. The highest BCUT2D eigenvalue weighted by atomic mass is 16.1. The maximum atomic E-state index is 11.4. The third-order valence-electron chi connectivity index (χ3n) is 2.31. The van der Waals surface area contributed by atoms with Crippen molar-refractivity contribution in [3.63, 3.8) is 0 Å². The van der Waals surface area contributed by atoms with Crippen molar-refractivity contribution in [2.45, 2.75) is 0 Å². The second kappa shape index (κ2) is 3.02. The van der Waals surface area contributed by atoms with Gasteiger partial charge in [0, 0.05) is 0 Å². The Bertz CT molecular complexity index is 378. The number of rotatable bonds is 1. The van der Waals surface area contributed by atoms with Crippen molar-refractivity contribution in [3.05, 3.63) is 60.3 Å². The van der Waals surface area contributed by atoms with Crippen molar-refractivity contribution >= 4 is 5.78 Å². The Morgan fingerprint density at radius 3 is 2.85 bits per heavy atom. The van der Waals surface area contributed by atoms with Crippen LogP contribution < -0.4 is 0 Å². The minimum Gasteiger partial charge on any atom is -0.294 e. The molecule has 1 atom stereocenters. The number of carbonyl (C=O) groups is 1. The van der Waals surface area contributed by atoms with Gasteiger partial charge in [-0.3, -0.25) is 4.79 Å². The van der Waals surface area contributed by atoms with Crippen LogP contribution in [0.2, 0.25) is 0 Å². The third-order valence-corrected chi connectivity index (χ3v) is 2.31. The van der Waals surface area contributed by atoms with Crippen LogP contribution in [-0.2, 0) is 4.79 Å². The summed E-state index contributed by atoms with van der Waals surface area (Å²) >= 11 is 0. The van der Waals surface area contributed by atoms with E-state index in [1.807, 2.05) is 30.4 Å². The van der Waals surface area contributed by atoms with Crippen LogP contribution >= 0.6 is 0 Å². The van der Waals surface area contributed by atoms with Gasteiger partial charge in [0.2, 0.25) is 0 Å². The minimum atomic E-state index is -0.0806. The molecular weight excluding hydrogens is 160 g/mol. The third kappa shape index (κ3) is 1.22. The Labute approximate surface area is 77.5 Å². The standard InChI is InChI=1S/C12H10O/c1-2-9-5-3-4-6-11-10(9)7-8-12(11)13/h2-8,11H,1H2. The summed E-state index contributed by atoms with van der Waals surface area (Å²) in [5, 5.41) is 0. The van der Waals surface area contributed by atoms with Crippen LogP contribution in [0.5, 0.6) is 0 Å². The van der Waals surface area contributed by atoms with Crippen LogP contribution in [-0.4, -0.2) is 5.78 Å². The Hall–Kier alpha value is -1.63. The molecule has 2 aliphatic rings. The van der Waals surface area contributed by atoms with E-state index in [0.29, 0.717) is 0 Å². The lowest BCUT2D eigenvalue weighted by Gasteiger charge is -2.05. The van der Waals surface area contributed by atoms with E-state index in [0.717, 1.165) is 11.1 Å². The van der Waals surface area contributed by atoms with Gasteiger partial charge in [-0.15, -0.1) is 0 Å². The first-order chi connectivity index (χ1) is 6.33. The molecule has 64 valence electrons. The molecule has 0 spiro atoms. The second-order valence-corrected chi connectivity index (χ2v) is 3.07. The molecule has 1 heteroatoms. The summed E-state index contributed by atoms with van der Waals surface area (Å²) in [5.41, 5.74) is 2.10. The molecular formula is C12H10O. The molecule has 1 unspecified atom stereocenters. The highest BCUT2D eigenvalue weighted by Gasteiger charge is 2.23. The average molecular weight is 170 g/mol. The molecule has 0 saturated heterocycles. The second-order valence-electron chi connectivity index (χ2n) is 3.07. The lowest BCUT2D eigenvalue weighted by atomic mass is 9.97. The number of allylic oxidation sites excluding steroid dienone is 9. The Kier molecular flexibility index (Phi) is 1.85. The molecule has 0 aliphatic heterocycles. The lowest BCUT2D eigenvalue weighted by Crippen LogP contribution is -2.05. The predicted molar refractivity (Wildman–Crippen MR) is 53.1 cm³/mol. The average Bonchev–Trinajstić information content (AvgIpc) is 2.39. The number of hydrogen-bond donors (Lipinski definition) is 0. The maximum Gasteiger partial charge on any atom is 0.166 e. The topological polar surface area (TPSA) is 17.1 Å². The van der Waals surface area contributed by atoms with E-state index in [9.17, 15) is 4.79 Å². The molecule has 0 fully saturated rings. The van der Waals surface area contributed by atoms with Gasteiger partial charge in [0.25, 0.3) is 0 Å². The van der Waals surface area contributed by atoms with E-state index in [2.05, 4.69) is 6.58 Å². The molecule has 2 aliphatic carbocycles. The van der Waals surface area contributed by atoms with Crippen LogP contribution in [0.3, 0.4) is 0 Å². The van der Waals surface area contributed by atoms with Gasteiger partial charge in [-0.05, 0) is 17.2 Å². The fourth-order valence-corrected chi connectivity index (χ4v) is 1.62. The molecule has 0 aromatic rings. The van der Waals surface area contributed by atoms with Crippen LogP contribution in [0.1, 0.15) is 0 Å². The molecule has 0 heterocycles. The van der Waals surface area contributed by atoms with Crippen LogP contribution in [0.4, 0.5) is 0 Å². The molecule has 0 aromatic carbocycles. The molecule has 0 bridgehead atoms. The maximum absolute atomic E-state index is 11.4. The normalized spacial score (nSPS) is 24.9. The van der Waals surface area contributed by atoms with Gasteiger partial charge in [-0.25, -0.2) is 0 Å². The van der Waals surface area contributed by atoms with E-state index in [1.165, 1.54) is 0 Å². The summed E-state index contributed by atoms with van der Waals surface area (Å²) in [7, 11) is 0. The van der Waals surface area contributed by atoms with Crippen LogP contribution in [0.15, 0.2) is 60.3 Å². The number of ketones is 1. The lowest BCUT2D eigenvalue weighted by molar-refractivity contribution is -0.115. The Morgan fingerprint density at radius 2 is 2.08 bits per heavy atom. The van der Waals surface area contributed by atoms with E-state index < -0.39 is 0 Å². The van der Waals surface area contributed by atoms with E-state index >= 15 is 0 Å². The SMILES string of the molecule is C=CC1=C2C=CC(=O)C2C=CC=C1. The van der Waals surface area contributed by atoms with Gasteiger partial charge in [0.15, 0.2) is 5.78 Å². The van der Waals surface area contributed by atoms with Gasteiger partial charge in [-0.1, -0.05) is 43.0 Å². The zero-order valence-electron chi connectivity index (χ0n) is 7.23. The molecule has 0 amide bonds. The zero-order valence-corrected chi connectivity index (χ0v) is 7.23. The van der Waals surface area contributed by atoms with Crippen LogP contribution in [0, 0.1) is 5.92 Å². The molecule has 1 nitrogen and oxygen atoms in total. The van der Waals surface area contributed by atoms with E-state index in [4.69, 9.17) is 0 Å². The first-order valence-corrected chi connectivity index (χ1v) is 4.26. The summed E-state index contributed by atoms with van der Waals surface area (Å²) in [5.74, 6) is 0.0808. The van der Waals surface area contributed by atoms with Gasteiger partial charge in [0.05, 0.1) is 5.92 Å². The quantitative estimate of drug-likeness (QED) is 0.590.